The van der Waals surface area contributed by atoms with Crippen LogP contribution in [-0.4, -0.2) is 44.1 Å². The number of methoxy groups -OCH3 is 1. The maximum atomic E-state index is 13.4. The highest BCUT2D eigenvalue weighted by atomic mass is 16.5. The lowest BCUT2D eigenvalue weighted by molar-refractivity contribution is -0.136. The molecule has 0 spiro atoms. The summed E-state index contributed by atoms with van der Waals surface area (Å²) in [5, 5.41) is 14.4. The topological polar surface area (TPSA) is 112 Å². The predicted molar refractivity (Wildman–Crippen MR) is 98.4 cm³/mol. The summed E-state index contributed by atoms with van der Waals surface area (Å²) in [7, 11) is 1.25. The van der Waals surface area contributed by atoms with Crippen LogP contribution in [0.25, 0.3) is 0 Å². The van der Waals surface area contributed by atoms with Gasteiger partial charge in [0.15, 0.2) is 5.78 Å². The van der Waals surface area contributed by atoms with E-state index in [1.807, 2.05) is 19.1 Å². The molecule has 0 unspecified atom stereocenters. The van der Waals surface area contributed by atoms with Crippen molar-refractivity contribution in [2.75, 3.05) is 12.4 Å². The second-order valence-corrected chi connectivity index (χ2v) is 6.24. The van der Waals surface area contributed by atoms with Crippen molar-refractivity contribution in [2.45, 2.75) is 13.0 Å². The molecule has 0 radical (unpaired) electrons. The molecule has 28 heavy (non-hydrogen) atoms. The fourth-order valence-corrected chi connectivity index (χ4v) is 3.09. The van der Waals surface area contributed by atoms with Crippen molar-refractivity contribution < 1.29 is 14.3 Å². The van der Waals surface area contributed by atoms with Gasteiger partial charge in [0.05, 0.1) is 12.7 Å². The van der Waals surface area contributed by atoms with E-state index in [-0.39, 0.29) is 23.0 Å². The van der Waals surface area contributed by atoms with E-state index in [0.29, 0.717) is 11.1 Å². The number of benzene rings is 1. The summed E-state index contributed by atoms with van der Waals surface area (Å²) in [6.07, 6.45) is 3.23. The van der Waals surface area contributed by atoms with E-state index in [2.05, 4.69) is 25.8 Å². The van der Waals surface area contributed by atoms with Crippen LogP contribution in [-0.2, 0) is 9.53 Å². The van der Waals surface area contributed by atoms with Gasteiger partial charge in [-0.3, -0.25) is 9.78 Å². The smallest absolute Gasteiger partial charge is 0.355 e. The fraction of sp³-hybridized carbons (Fsp3) is 0.158. The quantitative estimate of drug-likeness (QED) is 0.541. The number of nitrogens with zero attached hydrogens (tertiary/aromatic N) is 5. The minimum atomic E-state index is -0.733. The molecular formula is C19H16N6O3. The number of rotatable bonds is 4. The van der Waals surface area contributed by atoms with E-state index in [4.69, 9.17) is 4.74 Å². The maximum Gasteiger partial charge on any atom is 0.355 e. The zero-order valence-electron chi connectivity index (χ0n) is 15.2. The van der Waals surface area contributed by atoms with Crippen LogP contribution in [0.3, 0.4) is 0 Å². The second-order valence-electron chi connectivity index (χ2n) is 6.24. The Balaban J connectivity index is 1.94. The zero-order chi connectivity index (χ0) is 19.7. The highest BCUT2D eigenvalue weighted by Gasteiger charge is 2.38. The van der Waals surface area contributed by atoms with Crippen molar-refractivity contribution in [2.24, 2.45) is 0 Å². The van der Waals surface area contributed by atoms with E-state index in [1.54, 1.807) is 36.7 Å². The lowest BCUT2D eigenvalue weighted by Crippen LogP contribution is -2.33. The van der Waals surface area contributed by atoms with Gasteiger partial charge in [0, 0.05) is 18.0 Å². The summed E-state index contributed by atoms with van der Waals surface area (Å²) in [5.41, 5.74) is 2.31. The van der Waals surface area contributed by atoms with Gasteiger partial charge in [-0.15, -0.1) is 0 Å². The number of ether oxygens (including phenoxy) is 1. The summed E-state index contributed by atoms with van der Waals surface area (Å²) in [6.45, 7) is 1.93. The summed E-state index contributed by atoms with van der Waals surface area (Å²) in [5.74, 6) is -0.781. The Morgan fingerprint density at radius 1 is 1.18 bits per heavy atom. The number of anilines is 1. The van der Waals surface area contributed by atoms with E-state index in [0.717, 1.165) is 5.56 Å². The van der Waals surface area contributed by atoms with Crippen LogP contribution in [0.4, 0.5) is 5.95 Å². The number of fused-ring (bicyclic) bond motifs is 1. The minimum Gasteiger partial charge on any atom is -0.464 e. The monoisotopic (exact) mass is 376 g/mol. The third-order valence-electron chi connectivity index (χ3n) is 4.47. The molecular weight excluding hydrogens is 360 g/mol. The van der Waals surface area contributed by atoms with Crippen LogP contribution >= 0.6 is 0 Å². The lowest BCUT2D eigenvalue weighted by atomic mass is 9.90. The van der Waals surface area contributed by atoms with Crippen LogP contribution in [0.1, 0.15) is 27.5 Å². The molecule has 9 nitrogen and oxygen atoms in total. The molecule has 2 aromatic heterocycles. The Bertz CT molecular complexity index is 1070. The summed E-state index contributed by atoms with van der Waals surface area (Å²) < 4.78 is 6.35. The first kappa shape index (κ1) is 17.5. The van der Waals surface area contributed by atoms with Gasteiger partial charge in [0.25, 0.3) is 0 Å². The Kier molecular flexibility index (Phi) is 4.40. The minimum absolute atomic E-state index is 0.00391. The number of hydrogen-bond acceptors (Lipinski definition) is 8. The van der Waals surface area contributed by atoms with Crippen LogP contribution < -0.4 is 5.32 Å². The molecule has 0 aliphatic carbocycles. The van der Waals surface area contributed by atoms with Gasteiger partial charge in [-0.25, -0.2) is 4.79 Å². The van der Waals surface area contributed by atoms with Gasteiger partial charge in [-0.2, -0.15) is 4.68 Å². The number of carbonyl (C=O) groups is 2. The molecule has 0 bridgehead atoms. The van der Waals surface area contributed by atoms with Crippen LogP contribution in [0, 0.1) is 6.92 Å². The summed E-state index contributed by atoms with van der Waals surface area (Å²) in [6, 6.07) is 9.92. The second kappa shape index (κ2) is 7.03. The van der Waals surface area contributed by atoms with Crippen molar-refractivity contribution in [1.82, 2.24) is 25.2 Å². The average molecular weight is 376 g/mol. The molecule has 1 N–H and O–H groups in total. The van der Waals surface area contributed by atoms with E-state index in [9.17, 15) is 9.59 Å². The third kappa shape index (κ3) is 2.92. The zero-order valence-corrected chi connectivity index (χ0v) is 15.2. The van der Waals surface area contributed by atoms with Crippen LogP contribution in [0.5, 0.6) is 0 Å². The largest absolute Gasteiger partial charge is 0.464 e. The molecule has 0 saturated heterocycles. The lowest BCUT2D eigenvalue weighted by Gasteiger charge is -2.27. The number of tetrazole rings is 1. The van der Waals surface area contributed by atoms with E-state index < -0.39 is 12.0 Å². The normalized spacial score (nSPS) is 15.6. The molecule has 9 heteroatoms. The van der Waals surface area contributed by atoms with E-state index >= 15 is 0 Å². The van der Waals surface area contributed by atoms with Crippen LogP contribution in [0.15, 0.2) is 60.1 Å². The Labute approximate surface area is 160 Å². The standard InChI is InChI=1S/C19H16N6O3/c1-11-5-7-12(8-6-11)17(26)14-15(18(27)28-2)21-19-22-23-24-25(19)16(14)13-4-3-9-20-10-13/h3-10,16H,1-2H3,(H,21,22,24)/t16-/m0/s1. The molecule has 4 rings (SSSR count). The van der Waals surface area contributed by atoms with Crippen molar-refractivity contribution in [3.8, 4) is 0 Å². The molecule has 3 heterocycles. The van der Waals surface area contributed by atoms with Crippen molar-refractivity contribution in [3.63, 3.8) is 0 Å². The number of aryl methyl sites for hydroxylation is 1. The van der Waals surface area contributed by atoms with Gasteiger partial charge in [-0.05, 0) is 29.0 Å². The first-order valence-corrected chi connectivity index (χ1v) is 8.49. The average Bonchev–Trinajstić information content (AvgIpc) is 3.21. The summed E-state index contributed by atoms with van der Waals surface area (Å²) >= 11 is 0. The number of Topliss-reactive ketones (excluding diaryl/α,β-unsaturated/α-hetero) is 1. The van der Waals surface area contributed by atoms with Gasteiger partial charge in [0.2, 0.25) is 5.95 Å². The fourth-order valence-electron chi connectivity index (χ4n) is 3.09. The molecule has 0 saturated carbocycles. The summed E-state index contributed by atoms with van der Waals surface area (Å²) in [4.78, 5) is 30.1. The number of nitrogens with one attached hydrogen (secondary N) is 1. The highest BCUT2D eigenvalue weighted by Crippen LogP contribution is 2.36. The van der Waals surface area contributed by atoms with Gasteiger partial charge in [-0.1, -0.05) is 41.0 Å². The molecule has 1 aliphatic heterocycles. The van der Waals surface area contributed by atoms with E-state index in [1.165, 1.54) is 11.8 Å². The Morgan fingerprint density at radius 3 is 2.64 bits per heavy atom. The maximum absolute atomic E-state index is 13.4. The Hall–Kier alpha value is -3.88. The number of ketones is 1. The number of hydrogen-bond donors (Lipinski definition) is 1. The van der Waals surface area contributed by atoms with Gasteiger partial charge in [0.1, 0.15) is 11.7 Å². The molecule has 0 amide bonds. The van der Waals surface area contributed by atoms with Gasteiger partial charge < -0.3 is 10.1 Å². The third-order valence-corrected chi connectivity index (χ3v) is 4.47. The molecule has 1 aliphatic rings. The van der Waals surface area contributed by atoms with Crippen molar-refractivity contribution >= 4 is 17.7 Å². The number of aromatic nitrogens is 5. The Morgan fingerprint density at radius 2 is 1.96 bits per heavy atom. The molecule has 3 aromatic rings. The van der Waals surface area contributed by atoms with Crippen LogP contribution in [0.2, 0.25) is 0 Å². The number of esters is 1. The number of allylic oxidation sites excluding steroid dienone is 1. The van der Waals surface area contributed by atoms with Gasteiger partial charge >= 0.3 is 5.97 Å². The highest BCUT2D eigenvalue weighted by molar-refractivity contribution is 6.14. The number of pyridine rings is 1. The predicted octanol–water partition coefficient (Wildman–Crippen LogP) is 1.70. The van der Waals surface area contributed by atoms with Crippen molar-refractivity contribution in [1.29, 1.82) is 0 Å². The first-order valence-electron chi connectivity index (χ1n) is 8.49. The number of carbonyl (C=O) groups excluding carboxylic acids is 2. The molecule has 140 valence electrons. The first-order chi connectivity index (χ1) is 13.6. The molecule has 1 atom stereocenters. The molecule has 0 fully saturated rings. The van der Waals surface area contributed by atoms with Crippen molar-refractivity contribution in [3.05, 3.63) is 76.8 Å². The SMILES string of the molecule is COC(=O)C1=C(C(=O)c2ccc(C)cc2)[C@H](c2cccnc2)n2nnnc2N1. The molecule has 1 aromatic carbocycles.